The molecule has 0 radical (unpaired) electrons. The van der Waals surface area contributed by atoms with Crippen LogP contribution in [0.5, 0.6) is 0 Å². The Labute approximate surface area is 191 Å². The molecular formula is C27H23NO5. The zero-order valence-electron chi connectivity index (χ0n) is 18.1. The van der Waals surface area contributed by atoms with E-state index in [4.69, 9.17) is 4.74 Å². The second-order valence-electron chi connectivity index (χ2n) is 9.49. The summed E-state index contributed by atoms with van der Waals surface area (Å²) >= 11 is 0. The van der Waals surface area contributed by atoms with Gasteiger partial charge < -0.3 is 4.74 Å². The molecule has 0 spiro atoms. The van der Waals surface area contributed by atoms with Crippen molar-refractivity contribution in [1.82, 2.24) is 0 Å². The summed E-state index contributed by atoms with van der Waals surface area (Å²) in [5, 5.41) is 0. The largest absolute Gasteiger partial charge is 0.451 e. The normalized spacial score (nSPS) is 31.7. The van der Waals surface area contributed by atoms with E-state index < -0.39 is 12.1 Å². The lowest BCUT2D eigenvalue weighted by molar-refractivity contribution is -0.124. The van der Waals surface area contributed by atoms with Crippen LogP contribution in [0.2, 0.25) is 0 Å². The molecule has 33 heavy (non-hydrogen) atoms. The van der Waals surface area contributed by atoms with Crippen LogP contribution in [0.25, 0.3) is 0 Å². The number of carbonyl (C=O) groups is 4. The Kier molecular flexibility index (Phi) is 4.41. The second kappa shape index (κ2) is 7.24. The number of anilines is 1. The van der Waals surface area contributed by atoms with E-state index in [-0.39, 0.29) is 46.8 Å². The Bertz CT molecular complexity index is 1180. The topological polar surface area (TPSA) is 80.8 Å². The molecule has 5 aliphatic rings. The standard InChI is InChI=1S/C27H23NO5/c1-14(24(29)15-6-3-2-4-7-15)33-27(32)16-8-5-9-17(12-16)28-25(30)22-18-10-11-19(21-13-20(18)21)23(22)26(28)31/h2-12,14,18-23H,13H2,1H3/t14-,18-,19-,20-,21-,22+,23+/m0/s1. The quantitative estimate of drug-likeness (QED) is 0.306. The van der Waals surface area contributed by atoms with Gasteiger partial charge in [0.25, 0.3) is 0 Å². The Balaban J connectivity index is 1.22. The van der Waals surface area contributed by atoms with Gasteiger partial charge in [-0.2, -0.15) is 0 Å². The number of hydrogen-bond donors (Lipinski definition) is 0. The van der Waals surface area contributed by atoms with Crippen LogP contribution in [0, 0.1) is 35.5 Å². The Morgan fingerprint density at radius 2 is 1.48 bits per heavy atom. The molecule has 2 bridgehead atoms. The summed E-state index contributed by atoms with van der Waals surface area (Å²) in [4.78, 5) is 53.2. The summed E-state index contributed by atoms with van der Waals surface area (Å²) in [5.74, 6) is -0.560. The van der Waals surface area contributed by atoms with E-state index in [1.54, 1.807) is 48.5 Å². The summed E-state index contributed by atoms with van der Waals surface area (Å²) in [6.45, 7) is 1.53. The van der Waals surface area contributed by atoms with Gasteiger partial charge in [0.2, 0.25) is 17.6 Å². The lowest BCUT2D eigenvalue weighted by atomic mass is 9.63. The van der Waals surface area contributed by atoms with E-state index in [0.717, 1.165) is 6.42 Å². The Hall–Kier alpha value is -3.54. The first-order chi connectivity index (χ1) is 16.0. The highest BCUT2D eigenvalue weighted by atomic mass is 16.5. The molecule has 1 heterocycles. The lowest BCUT2D eigenvalue weighted by Gasteiger charge is -2.37. The number of nitrogens with zero attached hydrogens (tertiary/aromatic N) is 1. The monoisotopic (exact) mass is 441 g/mol. The number of hydrogen-bond acceptors (Lipinski definition) is 5. The summed E-state index contributed by atoms with van der Waals surface area (Å²) in [6, 6.07) is 15.0. The van der Waals surface area contributed by atoms with Crippen LogP contribution in [-0.4, -0.2) is 29.7 Å². The molecule has 2 amide bonds. The van der Waals surface area contributed by atoms with Crippen LogP contribution in [0.15, 0.2) is 66.7 Å². The molecule has 3 fully saturated rings. The third-order valence-electron chi connectivity index (χ3n) is 7.71. The van der Waals surface area contributed by atoms with Gasteiger partial charge >= 0.3 is 5.97 Å². The van der Waals surface area contributed by atoms with Gasteiger partial charge in [0.15, 0.2) is 6.10 Å². The fourth-order valence-electron chi connectivity index (χ4n) is 6.10. The van der Waals surface area contributed by atoms with E-state index in [9.17, 15) is 19.2 Å². The van der Waals surface area contributed by atoms with Crippen molar-refractivity contribution >= 4 is 29.3 Å². The maximum absolute atomic E-state index is 13.3. The molecule has 0 aromatic heterocycles. The van der Waals surface area contributed by atoms with E-state index in [2.05, 4.69) is 12.2 Å². The minimum Gasteiger partial charge on any atom is -0.451 e. The Morgan fingerprint density at radius 3 is 2.12 bits per heavy atom. The van der Waals surface area contributed by atoms with Gasteiger partial charge in [-0.05, 0) is 55.2 Å². The molecular weight excluding hydrogens is 418 g/mol. The van der Waals surface area contributed by atoms with Crippen LogP contribution >= 0.6 is 0 Å². The van der Waals surface area contributed by atoms with Gasteiger partial charge in [-0.25, -0.2) is 9.69 Å². The molecule has 2 saturated carbocycles. The van der Waals surface area contributed by atoms with Gasteiger partial charge in [0.05, 0.1) is 23.1 Å². The van der Waals surface area contributed by atoms with E-state index >= 15 is 0 Å². The van der Waals surface area contributed by atoms with Crippen molar-refractivity contribution in [2.75, 3.05) is 4.90 Å². The molecule has 7 rings (SSSR count). The fourth-order valence-corrected chi connectivity index (χ4v) is 6.10. The van der Waals surface area contributed by atoms with Gasteiger partial charge in [-0.15, -0.1) is 0 Å². The van der Waals surface area contributed by atoms with Gasteiger partial charge in [0, 0.05) is 5.56 Å². The molecule has 7 atom stereocenters. The predicted octanol–water partition coefficient (Wildman–Crippen LogP) is 3.67. The van der Waals surface area contributed by atoms with Crippen molar-refractivity contribution in [3.05, 3.63) is 77.9 Å². The fraction of sp³-hybridized carbons (Fsp3) is 0.333. The smallest absolute Gasteiger partial charge is 0.338 e. The van der Waals surface area contributed by atoms with Crippen molar-refractivity contribution in [3.63, 3.8) is 0 Å². The highest BCUT2D eigenvalue weighted by molar-refractivity contribution is 6.23. The minimum absolute atomic E-state index is 0.143. The molecule has 0 unspecified atom stereocenters. The van der Waals surface area contributed by atoms with Gasteiger partial charge in [-0.1, -0.05) is 48.6 Å². The average Bonchev–Trinajstić information content (AvgIpc) is 3.62. The highest BCUT2D eigenvalue weighted by Gasteiger charge is 2.67. The molecule has 6 heteroatoms. The number of allylic oxidation sites excluding steroid dienone is 2. The molecule has 6 nitrogen and oxygen atoms in total. The number of esters is 1. The molecule has 166 valence electrons. The number of ketones is 1. The summed E-state index contributed by atoms with van der Waals surface area (Å²) in [6.07, 6.45) is 4.41. The number of Topliss-reactive ketones (excluding diaryl/α,β-unsaturated/α-hetero) is 1. The number of imide groups is 1. The van der Waals surface area contributed by atoms with Crippen molar-refractivity contribution < 1.29 is 23.9 Å². The maximum Gasteiger partial charge on any atom is 0.338 e. The zero-order chi connectivity index (χ0) is 22.9. The maximum atomic E-state index is 13.3. The first-order valence-electron chi connectivity index (χ1n) is 11.4. The third-order valence-corrected chi connectivity index (χ3v) is 7.71. The van der Waals surface area contributed by atoms with Crippen LogP contribution in [0.4, 0.5) is 5.69 Å². The van der Waals surface area contributed by atoms with Gasteiger partial charge in [0.1, 0.15) is 0 Å². The number of ether oxygens (including phenoxy) is 1. The predicted molar refractivity (Wildman–Crippen MR) is 119 cm³/mol. The molecule has 1 aliphatic heterocycles. The second-order valence-corrected chi connectivity index (χ2v) is 9.49. The number of rotatable bonds is 5. The molecule has 0 N–H and O–H groups in total. The Morgan fingerprint density at radius 1 is 0.879 bits per heavy atom. The average molecular weight is 441 g/mol. The van der Waals surface area contributed by atoms with E-state index in [1.807, 2.05) is 0 Å². The van der Waals surface area contributed by atoms with Gasteiger partial charge in [-0.3, -0.25) is 14.4 Å². The first-order valence-corrected chi connectivity index (χ1v) is 11.4. The summed E-state index contributed by atoms with van der Waals surface area (Å²) in [7, 11) is 0. The first kappa shape index (κ1) is 20.1. The van der Waals surface area contributed by atoms with Crippen molar-refractivity contribution in [3.8, 4) is 0 Å². The lowest BCUT2D eigenvalue weighted by Crippen LogP contribution is -2.40. The highest BCUT2D eigenvalue weighted by Crippen LogP contribution is 2.65. The summed E-state index contributed by atoms with van der Waals surface area (Å²) < 4.78 is 5.40. The number of carbonyl (C=O) groups excluding carboxylic acids is 4. The minimum atomic E-state index is -0.963. The van der Waals surface area contributed by atoms with Crippen molar-refractivity contribution in [2.45, 2.75) is 19.4 Å². The molecule has 2 aromatic rings. The number of amides is 2. The SMILES string of the molecule is C[C@H](OC(=O)c1cccc(N2C(=O)[C@@H]3[C@H]4C=C[C@@H]([C@@H]5C[C@@H]45)[C@H]3C2=O)c1)C(=O)c1ccccc1. The van der Waals surface area contributed by atoms with Crippen LogP contribution in [0.1, 0.15) is 34.1 Å². The number of benzene rings is 2. The van der Waals surface area contributed by atoms with Crippen LogP contribution in [0.3, 0.4) is 0 Å². The molecule has 4 aliphatic carbocycles. The third kappa shape index (κ3) is 3.00. The summed E-state index contributed by atoms with van der Waals surface area (Å²) in [5.41, 5.74) is 1.03. The molecule has 1 saturated heterocycles. The van der Waals surface area contributed by atoms with E-state index in [0.29, 0.717) is 23.1 Å². The van der Waals surface area contributed by atoms with Crippen molar-refractivity contribution in [1.29, 1.82) is 0 Å². The zero-order valence-corrected chi connectivity index (χ0v) is 18.1. The van der Waals surface area contributed by atoms with Crippen LogP contribution < -0.4 is 4.90 Å². The van der Waals surface area contributed by atoms with Crippen molar-refractivity contribution in [2.24, 2.45) is 35.5 Å². The molecule has 2 aromatic carbocycles. The van der Waals surface area contributed by atoms with E-state index in [1.165, 1.54) is 17.9 Å². The van der Waals surface area contributed by atoms with Crippen LogP contribution in [-0.2, 0) is 14.3 Å².